The standard InChI is InChI=1S/C17H18INO2S/c1-21-17(20)10-15(13-4-2-3-5-14(13)18)19-8-6-16-12(11-19)7-9-22-16/h2-5,7,9,15H,6,8,10-11H2,1H3/t15-/m0/s1. The number of methoxy groups -OCH3 is 1. The summed E-state index contributed by atoms with van der Waals surface area (Å²) in [7, 11) is 1.46. The zero-order valence-corrected chi connectivity index (χ0v) is 15.4. The van der Waals surface area contributed by atoms with E-state index < -0.39 is 0 Å². The fraction of sp³-hybridized carbons (Fsp3) is 0.353. The van der Waals surface area contributed by atoms with Crippen molar-refractivity contribution < 1.29 is 9.53 Å². The minimum absolute atomic E-state index is 0.0774. The summed E-state index contributed by atoms with van der Waals surface area (Å²) in [6, 6.07) is 10.6. The van der Waals surface area contributed by atoms with E-state index in [0.717, 1.165) is 19.5 Å². The number of hydrogen-bond acceptors (Lipinski definition) is 4. The molecular weight excluding hydrogens is 409 g/mol. The Bertz CT molecular complexity index is 670. The number of hydrogen-bond donors (Lipinski definition) is 0. The number of carbonyl (C=O) groups excluding carboxylic acids is 1. The SMILES string of the molecule is COC(=O)C[C@@H](c1ccccc1I)N1CCc2sccc2C1. The van der Waals surface area contributed by atoms with Crippen molar-refractivity contribution in [3.8, 4) is 0 Å². The zero-order chi connectivity index (χ0) is 15.5. The van der Waals surface area contributed by atoms with Crippen molar-refractivity contribution in [3.05, 3.63) is 55.3 Å². The number of fused-ring (bicyclic) bond motifs is 1. The second kappa shape index (κ2) is 7.10. The number of benzene rings is 1. The minimum atomic E-state index is -0.152. The van der Waals surface area contributed by atoms with Gasteiger partial charge in [-0.2, -0.15) is 0 Å². The van der Waals surface area contributed by atoms with Crippen LogP contribution in [0.25, 0.3) is 0 Å². The van der Waals surface area contributed by atoms with Gasteiger partial charge < -0.3 is 4.74 Å². The van der Waals surface area contributed by atoms with Crippen molar-refractivity contribution in [1.82, 2.24) is 4.90 Å². The van der Waals surface area contributed by atoms with Gasteiger partial charge in [0.2, 0.25) is 0 Å². The minimum Gasteiger partial charge on any atom is -0.469 e. The highest BCUT2D eigenvalue weighted by Crippen LogP contribution is 2.34. The monoisotopic (exact) mass is 427 g/mol. The molecule has 22 heavy (non-hydrogen) atoms. The summed E-state index contributed by atoms with van der Waals surface area (Å²) in [5, 5.41) is 2.16. The lowest BCUT2D eigenvalue weighted by molar-refractivity contribution is -0.142. The molecule has 3 nitrogen and oxygen atoms in total. The van der Waals surface area contributed by atoms with Gasteiger partial charge in [-0.05, 0) is 57.7 Å². The second-order valence-electron chi connectivity index (χ2n) is 5.41. The van der Waals surface area contributed by atoms with Gasteiger partial charge in [0.25, 0.3) is 0 Å². The molecule has 0 amide bonds. The highest BCUT2D eigenvalue weighted by Gasteiger charge is 2.28. The van der Waals surface area contributed by atoms with E-state index in [0.29, 0.717) is 6.42 Å². The first-order valence-electron chi connectivity index (χ1n) is 7.29. The molecule has 0 N–H and O–H groups in total. The summed E-state index contributed by atoms with van der Waals surface area (Å²) in [5.74, 6) is -0.152. The van der Waals surface area contributed by atoms with Crippen molar-refractivity contribution >= 4 is 39.9 Å². The molecule has 0 aliphatic carbocycles. The number of nitrogens with zero attached hydrogens (tertiary/aromatic N) is 1. The summed E-state index contributed by atoms with van der Waals surface area (Å²) in [6.45, 7) is 1.89. The van der Waals surface area contributed by atoms with Crippen LogP contribution in [0.5, 0.6) is 0 Å². The Morgan fingerprint density at radius 3 is 3.00 bits per heavy atom. The van der Waals surface area contributed by atoms with E-state index in [9.17, 15) is 4.79 Å². The smallest absolute Gasteiger partial charge is 0.307 e. The molecule has 1 aliphatic rings. The van der Waals surface area contributed by atoms with Gasteiger partial charge in [0.05, 0.1) is 13.5 Å². The van der Waals surface area contributed by atoms with Crippen LogP contribution in [-0.4, -0.2) is 24.5 Å². The first kappa shape index (κ1) is 16.0. The van der Waals surface area contributed by atoms with Gasteiger partial charge in [0, 0.05) is 27.6 Å². The van der Waals surface area contributed by atoms with Crippen LogP contribution in [-0.2, 0) is 22.5 Å². The largest absolute Gasteiger partial charge is 0.469 e. The van der Waals surface area contributed by atoms with E-state index in [2.05, 4.69) is 51.1 Å². The maximum atomic E-state index is 11.9. The van der Waals surface area contributed by atoms with E-state index in [4.69, 9.17) is 4.74 Å². The Balaban J connectivity index is 1.89. The fourth-order valence-corrected chi connectivity index (χ4v) is 4.60. The van der Waals surface area contributed by atoms with Crippen LogP contribution >= 0.6 is 33.9 Å². The first-order valence-corrected chi connectivity index (χ1v) is 9.25. The summed E-state index contributed by atoms with van der Waals surface area (Å²) in [6.07, 6.45) is 1.46. The van der Waals surface area contributed by atoms with Crippen LogP contribution in [0.2, 0.25) is 0 Å². The van der Waals surface area contributed by atoms with Crippen molar-refractivity contribution in [3.63, 3.8) is 0 Å². The number of esters is 1. The van der Waals surface area contributed by atoms with E-state index in [-0.39, 0.29) is 12.0 Å². The maximum absolute atomic E-state index is 11.9. The van der Waals surface area contributed by atoms with Gasteiger partial charge in [0.15, 0.2) is 0 Å². The van der Waals surface area contributed by atoms with Crippen LogP contribution in [0, 0.1) is 3.57 Å². The number of rotatable bonds is 4. The molecule has 0 fully saturated rings. The molecule has 2 aromatic rings. The second-order valence-corrected chi connectivity index (χ2v) is 7.57. The maximum Gasteiger partial charge on any atom is 0.307 e. The predicted molar refractivity (Wildman–Crippen MR) is 97.0 cm³/mol. The third kappa shape index (κ3) is 3.36. The first-order chi connectivity index (χ1) is 10.7. The molecule has 0 bridgehead atoms. The topological polar surface area (TPSA) is 29.5 Å². The molecule has 0 saturated carbocycles. The quantitative estimate of drug-likeness (QED) is 0.546. The van der Waals surface area contributed by atoms with Crippen LogP contribution in [0.1, 0.15) is 28.5 Å². The molecule has 0 saturated heterocycles. The van der Waals surface area contributed by atoms with Crippen molar-refractivity contribution in [2.24, 2.45) is 0 Å². The number of halogens is 1. The predicted octanol–water partition coefficient (Wildman–Crippen LogP) is 4.02. The van der Waals surface area contributed by atoms with Crippen LogP contribution in [0.3, 0.4) is 0 Å². The third-order valence-electron chi connectivity index (χ3n) is 4.13. The highest BCUT2D eigenvalue weighted by molar-refractivity contribution is 14.1. The Labute approximate surface area is 148 Å². The zero-order valence-electron chi connectivity index (χ0n) is 12.4. The number of thiophene rings is 1. The average Bonchev–Trinajstić information content (AvgIpc) is 3.00. The molecule has 0 spiro atoms. The third-order valence-corrected chi connectivity index (χ3v) is 6.14. The summed E-state index contributed by atoms with van der Waals surface area (Å²) in [5.41, 5.74) is 2.62. The van der Waals surface area contributed by atoms with Gasteiger partial charge in [-0.1, -0.05) is 18.2 Å². The lowest BCUT2D eigenvalue weighted by atomic mass is 9.98. The molecule has 1 aromatic carbocycles. The number of carbonyl (C=O) groups is 1. The van der Waals surface area contributed by atoms with Gasteiger partial charge >= 0.3 is 5.97 Å². The summed E-state index contributed by atoms with van der Waals surface area (Å²) in [4.78, 5) is 15.8. The van der Waals surface area contributed by atoms with Crippen LogP contribution in [0.15, 0.2) is 35.7 Å². The van der Waals surface area contributed by atoms with E-state index in [1.165, 1.54) is 26.7 Å². The number of ether oxygens (including phenoxy) is 1. The van der Waals surface area contributed by atoms with Gasteiger partial charge in [0.1, 0.15) is 0 Å². The van der Waals surface area contributed by atoms with Gasteiger partial charge in [-0.15, -0.1) is 11.3 Å². The van der Waals surface area contributed by atoms with E-state index >= 15 is 0 Å². The van der Waals surface area contributed by atoms with Crippen LogP contribution < -0.4 is 0 Å². The lowest BCUT2D eigenvalue weighted by Gasteiger charge is -2.34. The molecule has 0 radical (unpaired) electrons. The molecule has 1 aliphatic heterocycles. The Morgan fingerprint density at radius 1 is 1.41 bits per heavy atom. The van der Waals surface area contributed by atoms with Crippen molar-refractivity contribution in [1.29, 1.82) is 0 Å². The van der Waals surface area contributed by atoms with E-state index in [1.54, 1.807) is 0 Å². The lowest BCUT2D eigenvalue weighted by Crippen LogP contribution is -2.35. The molecule has 1 aromatic heterocycles. The molecule has 1 atom stereocenters. The molecule has 5 heteroatoms. The molecule has 2 heterocycles. The Hall–Kier alpha value is -0.920. The Kier molecular flexibility index (Phi) is 5.15. The molecule has 0 unspecified atom stereocenters. The summed E-state index contributed by atoms with van der Waals surface area (Å²) >= 11 is 4.19. The molecular formula is C17H18INO2S. The van der Waals surface area contributed by atoms with Crippen LogP contribution in [0.4, 0.5) is 0 Å². The fourth-order valence-electron chi connectivity index (χ4n) is 2.96. The average molecular weight is 427 g/mol. The van der Waals surface area contributed by atoms with Gasteiger partial charge in [-0.3, -0.25) is 9.69 Å². The van der Waals surface area contributed by atoms with Crippen molar-refractivity contribution in [2.45, 2.75) is 25.4 Å². The van der Waals surface area contributed by atoms with Gasteiger partial charge in [-0.25, -0.2) is 0 Å². The van der Waals surface area contributed by atoms with Crippen molar-refractivity contribution in [2.75, 3.05) is 13.7 Å². The summed E-state index contributed by atoms with van der Waals surface area (Å²) < 4.78 is 6.12. The van der Waals surface area contributed by atoms with E-state index in [1.807, 2.05) is 23.5 Å². The highest BCUT2D eigenvalue weighted by atomic mass is 127. The molecule has 116 valence electrons. The molecule has 3 rings (SSSR count). The normalized spacial score (nSPS) is 16.1. The Morgan fingerprint density at radius 2 is 2.23 bits per heavy atom.